The molecule has 24 heavy (non-hydrogen) atoms. The minimum Gasteiger partial charge on any atom is -0.368 e. The lowest BCUT2D eigenvalue weighted by Crippen LogP contribution is -2.49. The number of nitrogens with one attached hydrogen (secondary N) is 1. The second kappa shape index (κ2) is 7.46. The van der Waals surface area contributed by atoms with Gasteiger partial charge in [-0.15, -0.1) is 13.2 Å². The van der Waals surface area contributed by atoms with Gasteiger partial charge in [0.05, 0.1) is 5.75 Å². The van der Waals surface area contributed by atoms with Crippen LogP contribution in [0.25, 0.3) is 10.9 Å². The number of para-hydroxylation sites is 1. The summed E-state index contributed by atoms with van der Waals surface area (Å²) in [7, 11) is -3.70. The van der Waals surface area contributed by atoms with Crippen LogP contribution in [0.2, 0.25) is 0 Å². The molecule has 1 aromatic carbocycles. The summed E-state index contributed by atoms with van der Waals surface area (Å²) in [6, 6.07) is 6.61. The summed E-state index contributed by atoms with van der Waals surface area (Å²) < 4.78 is 26.0. The maximum Gasteiger partial charge on any atom is 0.236 e. The highest BCUT2D eigenvalue weighted by atomic mass is 32.2. The van der Waals surface area contributed by atoms with Gasteiger partial charge in [0.15, 0.2) is 0 Å². The van der Waals surface area contributed by atoms with Crippen molar-refractivity contribution < 1.29 is 13.2 Å². The fraction of sp³-hybridized carbons (Fsp3) is 0.235. The van der Waals surface area contributed by atoms with Crippen LogP contribution in [0.15, 0.2) is 55.8 Å². The molecule has 2 rings (SSSR count). The van der Waals surface area contributed by atoms with Crippen molar-refractivity contribution in [1.82, 2.24) is 9.29 Å². The minimum atomic E-state index is -3.70. The zero-order chi connectivity index (χ0) is 17.7. The number of benzene rings is 1. The molecule has 7 heteroatoms. The Bertz CT molecular complexity index is 855. The Morgan fingerprint density at radius 1 is 1.29 bits per heavy atom. The van der Waals surface area contributed by atoms with Crippen molar-refractivity contribution in [3.8, 4) is 0 Å². The molecule has 1 heterocycles. The van der Waals surface area contributed by atoms with Gasteiger partial charge in [0, 0.05) is 30.1 Å². The average molecular weight is 347 g/mol. The standard InChI is InChI=1S/C17H21N3O3S/c1-3-9-20(24(22,23)10-4-2)16(17(18)21)11-13-12-19-15-8-6-5-7-14(13)15/h3-8,12,16,19H,1-2,9-11H2,(H2,18,21). The molecule has 2 aromatic rings. The second-order valence-electron chi connectivity index (χ2n) is 5.41. The van der Waals surface area contributed by atoms with E-state index in [1.165, 1.54) is 12.2 Å². The number of aromatic nitrogens is 1. The first kappa shape index (κ1) is 18.0. The van der Waals surface area contributed by atoms with E-state index in [1.54, 1.807) is 6.20 Å². The molecule has 0 aliphatic carbocycles. The fourth-order valence-electron chi connectivity index (χ4n) is 2.66. The van der Waals surface area contributed by atoms with Crippen LogP contribution in [-0.4, -0.2) is 42.0 Å². The molecule has 0 fully saturated rings. The zero-order valence-electron chi connectivity index (χ0n) is 13.3. The van der Waals surface area contributed by atoms with Crippen molar-refractivity contribution in [2.45, 2.75) is 12.5 Å². The Morgan fingerprint density at radius 3 is 2.62 bits per heavy atom. The first-order chi connectivity index (χ1) is 11.4. The van der Waals surface area contributed by atoms with Crippen LogP contribution < -0.4 is 5.73 Å². The number of rotatable bonds is 9. The van der Waals surface area contributed by atoms with Gasteiger partial charge in [0.25, 0.3) is 0 Å². The number of fused-ring (bicyclic) bond motifs is 1. The number of nitrogens with two attached hydrogens (primary N) is 1. The number of hydrogen-bond acceptors (Lipinski definition) is 3. The highest BCUT2D eigenvalue weighted by Gasteiger charge is 2.32. The quantitative estimate of drug-likeness (QED) is 0.674. The van der Waals surface area contributed by atoms with Gasteiger partial charge in [-0.1, -0.05) is 30.4 Å². The van der Waals surface area contributed by atoms with Crippen molar-refractivity contribution in [3.63, 3.8) is 0 Å². The summed E-state index contributed by atoms with van der Waals surface area (Å²) in [5.74, 6) is -0.965. The van der Waals surface area contributed by atoms with E-state index in [0.717, 1.165) is 20.8 Å². The SMILES string of the molecule is C=CCN(C(Cc1c[nH]c2ccccc12)C(N)=O)S(=O)(=O)CC=C. The van der Waals surface area contributed by atoms with Crippen LogP contribution in [0.5, 0.6) is 0 Å². The van der Waals surface area contributed by atoms with E-state index in [-0.39, 0.29) is 18.7 Å². The van der Waals surface area contributed by atoms with Crippen LogP contribution >= 0.6 is 0 Å². The maximum atomic E-state index is 12.4. The smallest absolute Gasteiger partial charge is 0.236 e. The number of carbonyl (C=O) groups excluding carboxylic acids is 1. The molecule has 1 atom stereocenters. The molecule has 0 bridgehead atoms. The Kier molecular flexibility index (Phi) is 5.58. The number of sulfonamides is 1. The van der Waals surface area contributed by atoms with Gasteiger partial charge in [0.1, 0.15) is 6.04 Å². The van der Waals surface area contributed by atoms with Gasteiger partial charge in [-0.25, -0.2) is 8.42 Å². The van der Waals surface area contributed by atoms with Crippen LogP contribution in [0.1, 0.15) is 5.56 Å². The number of nitrogens with zero attached hydrogens (tertiary/aromatic N) is 1. The maximum absolute atomic E-state index is 12.4. The van der Waals surface area contributed by atoms with E-state index in [1.807, 2.05) is 24.3 Å². The molecule has 0 radical (unpaired) electrons. The van der Waals surface area contributed by atoms with Crippen LogP contribution in [0.3, 0.4) is 0 Å². The Morgan fingerprint density at radius 2 is 2.00 bits per heavy atom. The van der Waals surface area contributed by atoms with Crippen molar-refractivity contribution in [2.24, 2.45) is 5.73 Å². The summed E-state index contributed by atoms with van der Waals surface area (Å²) in [6.07, 6.45) is 4.68. The van der Waals surface area contributed by atoms with E-state index >= 15 is 0 Å². The molecular formula is C17H21N3O3S. The predicted molar refractivity (Wildman–Crippen MR) is 95.9 cm³/mol. The highest BCUT2D eigenvalue weighted by Crippen LogP contribution is 2.22. The minimum absolute atomic E-state index is 0.00609. The number of carbonyl (C=O) groups is 1. The third-order valence-corrected chi connectivity index (χ3v) is 5.53. The predicted octanol–water partition coefficient (Wildman–Crippen LogP) is 1.57. The number of primary amides is 1. The third-order valence-electron chi connectivity index (χ3n) is 3.76. The van der Waals surface area contributed by atoms with Crippen LogP contribution in [-0.2, 0) is 21.2 Å². The molecule has 0 aliphatic heterocycles. The third kappa shape index (κ3) is 3.74. The summed E-state index contributed by atoms with van der Waals surface area (Å²) in [5, 5.41) is 0.934. The normalized spacial score (nSPS) is 13.0. The van der Waals surface area contributed by atoms with Crippen molar-refractivity contribution in [3.05, 3.63) is 61.3 Å². The Hall–Kier alpha value is -2.38. The lowest BCUT2D eigenvalue weighted by atomic mass is 10.0. The number of aromatic amines is 1. The topological polar surface area (TPSA) is 96.3 Å². The number of amides is 1. The van der Waals surface area contributed by atoms with E-state index in [4.69, 9.17) is 5.73 Å². The second-order valence-corrected chi connectivity index (χ2v) is 7.37. The van der Waals surface area contributed by atoms with Gasteiger partial charge >= 0.3 is 0 Å². The van der Waals surface area contributed by atoms with E-state index in [0.29, 0.717) is 0 Å². The molecule has 0 saturated carbocycles. The largest absolute Gasteiger partial charge is 0.368 e. The highest BCUT2D eigenvalue weighted by molar-refractivity contribution is 7.89. The zero-order valence-corrected chi connectivity index (χ0v) is 14.1. The molecule has 3 N–H and O–H groups in total. The number of H-pyrrole nitrogens is 1. The molecule has 6 nitrogen and oxygen atoms in total. The first-order valence-corrected chi connectivity index (χ1v) is 9.07. The molecule has 128 valence electrons. The molecular weight excluding hydrogens is 326 g/mol. The van der Waals surface area contributed by atoms with E-state index in [9.17, 15) is 13.2 Å². The van der Waals surface area contributed by atoms with Crippen LogP contribution in [0, 0.1) is 0 Å². The summed E-state index contributed by atoms with van der Waals surface area (Å²) in [6.45, 7) is 7.04. The average Bonchev–Trinajstić information content (AvgIpc) is 2.93. The lowest BCUT2D eigenvalue weighted by molar-refractivity contribution is -0.121. The fourth-order valence-corrected chi connectivity index (χ4v) is 4.05. The van der Waals surface area contributed by atoms with E-state index in [2.05, 4.69) is 18.1 Å². The Labute approximate surface area is 141 Å². The number of hydrogen-bond donors (Lipinski definition) is 2. The van der Waals surface area contributed by atoms with Crippen LogP contribution in [0.4, 0.5) is 0 Å². The molecule has 1 unspecified atom stereocenters. The summed E-state index contributed by atoms with van der Waals surface area (Å²) in [5.41, 5.74) is 7.25. The Balaban J connectivity index is 2.41. The molecule has 1 amide bonds. The monoisotopic (exact) mass is 347 g/mol. The molecule has 0 aliphatic rings. The van der Waals surface area contributed by atoms with Crippen molar-refractivity contribution >= 4 is 26.8 Å². The lowest BCUT2D eigenvalue weighted by Gasteiger charge is -2.27. The van der Waals surface area contributed by atoms with E-state index < -0.39 is 22.0 Å². The van der Waals surface area contributed by atoms with Gasteiger partial charge in [-0.3, -0.25) is 4.79 Å². The molecule has 0 saturated heterocycles. The van der Waals surface area contributed by atoms with Crippen molar-refractivity contribution in [1.29, 1.82) is 0 Å². The van der Waals surface area contributed by atoms with Gasteiger partial charge in [-0.05, 0) is 11.6 Å². The van der Waals surface area contributed by atoms with Gasteiger partial charge in [0.2, 0.25) is 15.9 Å². The molecule has 0 spiro atoms. The van der Waals surface area contributed by atoms with Crippen molar-refractivity contribution in [2.75, 3.05) is 12.3 Å². The summed E-state index contributed by atoms with van der Waals surface area (Å²) >= 11 is 0. The summed E-state index contributed by atoms with van der Waals surface area (Å²) in [4.78, 5) is 15.1. The van der Waals surface area contributed by atoms with Gasteiger partial charge in [-0.2, -0.15) is 4.31 Å². The first-order valence-electron chi connectivity index (χ1n) is 7.46. The molecule has 1 aromatic heterocycles. The van der Waals surface area contributed by atoms with Gasteiger partial charge < -0.3 is 10.7 Å².